The van der Waals surface area contributed by atoms with Crippen LogP contribution >= 0.6 is 0 Å². The molecule has 2 fully saturated rings. The van der Waals surface area contributed by atoms with E-state index in [1.807, 2.05) is 29.2 Å². The predicted octanol–water partition coefficient (Wildman–Crippen LogP) is 1.65. The third kappa shape index (κ3) is 4.62. The van der Waals surface area contributed by atoms with Gasteiger partial charge in [0.05, 0.1) is 13.2 Å². The summed E-state index contributed by atoms with van der Waals surface area (Å²) in [6, 6.07) is 7.58. The molecule has 0 radical (unpaired) electrons. The van der Waals surface area contributed by atoms with E-state index in [9.17, 15) is 9.59 Å². The fourth-order valence-corrected chi connectivity index (χ4v) is 3.58. The van der Waals surface area contributed by atoms with Gasteiger partial charge in [0.2, 0.25) is 5.91 Å². The number of nitrogens with zero attached hydrogens (tertiary/aromatic N) is 2. The lowest BCUT2D eigenvalue weighted by Gasteiger charge is -2.40. The molecule has 6 nitrogen and oxygen atoms in total. The van der Waals surface area contributed by atoms with Crippen molar-refractivity contribution in [1.29, 1.82) is 0 Å². The summed E-state index contributed by atoms with van der Waals surface area (Å²) in [5.74, 6) is 0.132. The summed E-state index contributed by atoms with van der Waals surface area (Å²) in [6.45, 7) is 9.54. The molecule has 2 saturated heterocycles. The molecule has 26 heavy (non-hydrogen) atoms. The van der Waals surface area contributed by atoms with Crippen molar-refractivity contribution in [2.45, 2.75) is 38.8 Å². The summed E-state index contributed by atoms with van der Waals surface area (Å²) in [5, 5.41) is 3.06. The van der Waals surface area contributed by atoms with Crippen LogP contribution in [0.15, 0.2) is 24.3 Å². The molecule has 1 aromatic rings. The van der Waals surface area contributed by atoms with Crippen molar-refractivity contribution in [1.82, 2.24) is 15.1 Å². The van der Waals surface area contributed by atoms with Gasteiger partial charge in [-0.05, 0) is 38.0 Å². The summed E-state index contributed by atoms with van der Waals surface area (Å²) >= 11 is 0. The number of morpholine rings is 1. The Morgan fingerprint density at radius 2 is 2.00 bits per heavy atom. The molecule has 6 heteroatoms. The van der Waals surface area contributed by atoms with Crippen LogP contribution in [0.1, 0.15) is 42.6 Å². The van der Waals surface area contributed by atoms with Crippen LogP contribution < -0.4 is 5.32 Å². The van der Waals surface area contributed by atoms with Crippen LogP contribution in [0.5, 0.6) is 0 Å². The number of rotatable bonds is 6. The number of carbonyl (C=O) groups is 2. The minimum Gasteiger partial charge on any atom is -0.379 e. The number of benzene rings is 1. The third-order valence-electron chi connectivity index (χ3n) is 5.28. The Balaban J connectivity index is 1.57. The maximum Gasteiger partial charge on any atom is 0.251 e. The summed E-state index contributed by atoms with van der Waals surface area (Å²) in [5.41, 5.74) is 1.53. The number of amides is 2. The smallest absolute Gasteiger partial charge is 0.251 e. The first kappa shape index (κ1) is 18.9. The lowest BCUT2D eigenvalue weighted by atomic mass is 10.0. The standard InChI is InChI=1S/C20H29N3O3/c1-20(2,23-9-11-26-12-10-23)15-21-19(25)17-6-3-5-16(13-17)14-22-8-4-7-18(22)24/h3,5-6,13H,4,7-12,14-15H2,1-2H3,(H,21,25). The molecule has 0 saturated carbocycles. The Bertz CT molecular complexity index is 653. The van der Waals surface area contributed by atoms with Gasteiger partial charge in [0.25, 0.3) is 5.91 Å². The van der Waals surface area contributed by atoms with E-state index in [4.69, 9.17) is 4.74 Å². The van der Waals surface area contributed by atoms with E-state index >= 15 is 0 Å². The fraction of sp³-hybridized carbons (Fsp3) is 0.600. The molecular formula is C20H29N3O3. The second-order valence-electron chi connectivity index (χ2n) is 7.71. The molecule has 2 amide bonds. The van der Waals surface area contributed by atoms with E-state index in [-0.39, 0.29) is 17.4 Å². The highest BCUT2D eigenvalue weighted by Crippen LogP contribution is 2.17. The number of hydrogen-bond donors (Lipinski definition) is 1. The molecule has 0 bridgehead atoms. The molecule has 2 aliphatic rings. The Hall–Kier alpha value is -1.92. The highest BCUT2D eigenvalue weighted by molar-refractivity contribution is 5.94. The van der Waals surface area contributed by atoms with Crippen molar-refractivity contribution in [2.24, 2.45) is 0 Å². The van der Waals surface area contributed by atoms with E-state index in [2.05, 4.69) is 24.1 Å². The van der Waals surface area contributed by atoms with Crippen LogP contribution in [-0.2, 0) is 16.1 Å². The third-order valence-corrected chi connectivity index (χ3v) is 5.28. The fourth-order valence-electron chi connectivity index (χ4n) is 3.58. The van der Waals surface area contributed by atoms with Crippen LogP contribution in [0, 0.1) is 0 Å². The SMILES string of the molecule is CC(C)(CNC(=O)c1cccc(CN2CCCC2=O)c1)N1CCOCC1. The van der Waals surface area contributed by atoms with Crippen LogP contribution in [0.2, 0.25) is 0 Å². The lowest BCUT2D eigenvalue weighted by Crippen LogP contribution is -2.55. The minimum atomic E-state index is -0.112. The number of hydrogen-bond acceptors (Lipinski definition) is 4. The average Bonchev–Trinajstić information content (AvgIpc) is 3.05. The van der Waals surface area contributed by atoms with Gasteiger partial charge < -0.3 is 15.0 Å². The summed E-state index contributed by atoms with van der Waals surface area (Å²) in [6.07, 6.45) is 1.56. The molecule has 0 atom stereocenters. The summed E-state index contributed by atoms with van der Waals surface area (Å²) in [7, 11) is 0. The maximum absolute atomic E-state index is 12.6. The maximum atomic E-state index is 12.6. The van der Waals surface area contributed by atoms with E-state index in [0.717, 1.165) is 44.8 Å². The molecule has 1 aromatic carbocycles. The van der Waals surface area contributed by atoms with Gasteiger partial charge in [0.15, 0.2) is 0 Å². The highest BCUT2D eigenvalue weighted by Gasteiger charge is 2.28. The van der Waals surface area contributed by atoms with Crippen LogP contribution in [-0.4, -0.2) is 66.5 Å². The van der Waals surface area contributed by atoms with Crippen molar-refractivity contribution < 1.29 is 14.3 Å². The van der Waals surface area contributed by atoms with Gasteiger partial charge >= 0.3 is 0 Å². The second-order valence-corrected chi connectivity index (χ2v) is 7.71. The van der Waals surface area contributed by atoms with Crippen molar-refractivity contribution in [3.63, 3.8) is 0 Å². The van der Waals surface area contributed by atoms with Crippen LogP contribution in [0.3, 0.4) is 0 Å². The average molecular weight is 359 g/mol. The molecule has 1 N–H and O–H groups in total. The number of carbonyl (C=O) groups excluding carboxylic acids is 2. The molecule has 3 rings (SSSR count). The Kier molecular flexibility index (Phi) is 5.94. The van der Waals surface area contributed by atoms with Gasteiger partial charge in [-0.3, -0.25) is 14.5 Å². The highest BCUT2D eigenvalue weighted by atomic mass is 16.5. The molecule has 2 aliphatic heterocycles. The molecular weight excluding hydrogens is 330 g/mol. The molecule has 0 aliphatic carbocycles. The molecule has 142 valence electrons. The first-order chi connectivity index (χ1) is 12.5. The lowest BCUT2D eigenvalue weighted by molar-refractivity contribution is -0.128. The number of ether oxygens (including phenoxy) is 1. The summed E-state index contributed by atoms with van der Waals surface area (Å²) in [4.78, 5) is 28.6. The largest absolute Gasteiger partial charge is 0.379 e. The molecule has 0 unspecified atom stereocenters. The Morgan fingerprint density at radius 3 is 2.69 bits per heavy atom. The summed E-state index contributed by atoms with van der Waals surface area (Å²) < 4.78 is 5.41. The Morgan fingerprint density at radius 1 is 1.23 bits per heavy atom. The van der Waals surface area contributed by atoms with Gasteiger partial charge in [-0.1, -0.05) is 12.1 Å². The minimum absolute atomic E-state index is 0.0686. The van der Waals surface area contributed by atoms with Crippen molar-refractivity contribution in [3.05, 3.63) is 35.4 Å². The zero-order chi connectivity index (χ0) is 18.6. The second kappa shape index (κ2) is 8.18. The van der Waals surface area contributed by atoms with Gasteiger partial charge in [-0.2, -0.15) is 0 Å². The van der Waals surface area contributed by atoms with E-state index in [1.54, 1.807) is 0 Å². The predicted molar refractivity (Wildman–Crippen MR) is 99.9 cm³/mol. The van der Waals surface area contributed by atoms with Gasteiger partial charge in [0, 0.05) is 50.2 Å². The van der Waals surface area contributed by atoms with E-state index < -0.39 is 0 Å². The Labute approximate surface area is 155 Å². The van der Waals surface area contributed by atoms with E-state index in [0.29, 0.717) is 25.1 Å². The van der Waals surface area contributed by atoms with Crippen molar-refractivity contribution >= 4 is 11.8 Å². The zero-order valence-corrected chi connectivity index (χ0v) is 15.8. The zero-order valence-electron chi connectivity index (χ0n) is 15.8. The van der Waals surface area contributed by atoms with Crippen molar-refractivity contribution in [2.75, 3.05) is 39.4 Å². The van der Waals surface area contributed by atoms with Crippen LogP contribution in [0.25, 0.3) is 0 Å². The molecule has 0 spiro atoms. The number of likely N-dealkylation sites (tertiary alicyclic amines) is 1. The number of nitrogens with one attached hydrogen (secondary N) is 1. The van der Waals surface area contributed by atoms with Crippen molar-refractivity contribution in [3.8, 4) is 0 Å². The van der Waals surface area contributed by atoms with Gasteiger partial charge in [0.1, 0.15) is 0 Å². The molecule has 0 aromatic heterocycles. The van der Waals surface area contributed by atoms with E-state index in [1.165, 1.54) is 0 Å². The van der Waals surface area contributed by atoms with Crippen LogP contribution in [0.4, 0.5) is 0 Å². The topological polar surface area (TPSA) is 61.9 Å². The molecule has 2 heterocycles. The first-order valence-corrected chi connectivity index (χ1v) is 9.43. The van der Waals surface area contributed by atoms with Gasteiger partial charge in [-0.25, -0.2) is 0 Å². The quantitative estimate of drug-likeness (QED) is 0.839. The monoisotopic (exact) mass is 359 g/mol. The van der Waals surface area contributed by atoms with Gasteiger partial charge in [-0.15, -0.1) is 0 Å². The first-order valence-electron chi connectivity index (χ1n) is 9.43. The normalized spacial score (nSPS) is 19.0.